The van der Waals surface area contributed by atoms with Crippen LogP contribution in [-0.4, -0.2) is 16.9 Å². The molecule has 0 bridgehead atoms. The smallest absolute Gasteiger partial charge is 0.274 e. The van der Waals surface area contributed by atoms with Gasteiger partial charge in [0.05, 0.1) is 11.0 Å². The second kappa shape index (κ2) is 5.36. The van der Waals surface area contributed by atoms with Gasteiger partial charge in [-0.1, -0.05) is 26.8 Å². The number of anilines is 1. The van der Waals surface area contributed by atoms with E-state index in [1.807, 2.05) is 20.8 Å². The Balaban J connectivity index is 2.92. The summed E-state index contributed by atoms with van der Waals surface area (Å²) in [6.07, 6.45) is 0. The van der Waals surface area contributed by atoms with Gasteiger partial charge >= 0.3 is 0 Å². The molecule has 104 valence electrons. The second-order valence-electron chi connectivity index (χ2n) is 5.59. The minimum atomic E-state index is -0.687. The molecule has 0 saturated heterocycles. The number of aryl methyl sites for hydroxylation is 1. The summed E-state index contributed by atoms with van der Waals surface area (Å²) in [6.45, 7) is 7.21. The van der Waals surface area contributed by atoms with E-state index < -0.39 is 11.0 Å². The lowest BCUT2D eigenvalue weighted by atomic mass is 9.87. The molecule has 0 spiro atoms. The van der Waals surface area contributed by atoms with Crippen LogP contribution in [-0.2, 0) is 4.79 Å². The predicted octanol–water partition coefficient (Wildman–Crippen LogP) is 2.22. The normalized spacial score (nSPS) is 12.9. The van der Waals surface area contributed by atoms with Crippen LogP contribution in [0.5, 0.6) is 0 Å². The molecular weight excluding hydrogens is 246 g/mol. The van der Waals surface area contributed by atoms with Crippen LogP contribution in [0.2, 0.25) is 0 Å². The molecule has 0 heterocycles. The van der Waals surface area contributed by atoms with Crippen molar-refractivity contribution in [1.29, 1.82) is 0 Å². The number of carbonyl (C=O) groups is 1. The largest absolute Gasteiger partial charge is 0.324 e. The lowest BCUT2D eigenvalue weighted by Crippen LogP contribution is -2.45. The van der Waals surface area contributed by atoms with Gasteiger partial charge in [0, 0.05) is 17.3 Å². The number of benzene rings is 1. The quantitative estimate of drug-likeness (QED) is 0.646. The van der Waals surface area contributed by atoms with Gasteiger partial charge in [0.15, 0.2) is 0 Å². The Kier molecular flexibility index (Phi) is 4.26. The molecule has 0 fully saturated rings. The third kappa shape index (κ3) is 3.75. The molecule has 1 atom stereocenters. The number of amides is 1. The van der Waals surface area contributed by atoms with Crippen LogP contribution in [0.1, 0.15) is 26.3 Å². The standard InChI is InChI=1S/C13H19N3O3/c1-8-5-6-9(7-10(8)16(18)19)15-12(17)11(14)13(2,3)4/h5-7,11H,14H2,1-4H3,(H,15,17)/t11-/m1/s1. The van der Waals surface area contributed by atoms with Gasteiger partial charge in [0.1, 0.15) is 0 Å². The molecule has 0 unspecified atom stereocenters. The van der Waals surface area contributed by atoms with E-state index in [1.54, 1.807) is 19.1 Å². The first-order chi connectivity index (χ1) is 8.62. The molecule has 1 amide bonds. The maximum atomic E-state index is 11.9. The van der Waals surface area contributed by atoms with Gasteiger partial charge in [0.2, 0.25) is 5.91 Å². The molecule has 6 heteroatoms. The Hall–Kier alpha value is -1.95. The molecule has 0 aliphatic heterocycles. The summed E-state index contributed by atoms with van der Waals surface area (Å²) < 4.78 is 0. The molecule has 1 aromatic rings. The molecule has 6 nitrogen and oxygen atoms in total. The number of rotatable bonds is 3. The van der Waals surface area contributed by atoms with Gasteiger partial charge in [-0.15, -0.1) is 0 Å². The van der Waals surface area contributed by atoms with Crippen LogP contribution < -0.4 is 11.1 Å². The first kappa shape index (κ1) is 15.1. The zero-order chi connectivity index (χ0) is 14.8. The summed E-state index contributed by atoms with van der Waals surface area (Å²) in [7, 11) is 0. The van der Waals surface area contributed by atoms with Crippen molar-refractivity contribution in [2.75, 3.05) is 5.32 Å². The van der Waals surface area contributed by atoms with Crippen molar-refractivity contribution in [2.24, 2.45) is 11.1 Å². The van der Waals surface area contributed by atoms with E-state index in [4.69, 9.17) is 5.73 Å². The van der Waals surface area contributed by atoms with Crippen molar-refractivity contribution >= 4 is 17.3 Å². The van der Waals surface area contributed by atoms with Gasteiger partial charge < -0.3 is 11.1 Å². The molecule has 3 N–H and O–H groups in total. The average molecular weight is 265 g/mol. The van der Waals surface area contributed by atoms with E-state index in [0.717, 1.165) is 0 Å². The highest BCUT2D eigenvalue weighted by atomic mass is 16.6. The van der Waals surface area contributed by atoms with Crippen molar-refractivity contribution in [3.05, 3.63) is 33.9 Å². The van der Waals surface area contributed by atoms with Crippen LogP contribution in [0.4, 0.5) is 11.4 Å². The maximum absolute atomic E-state index is 11.9. The van der Waals surface area contributed by atoms with Crippen LogP contribution in [0, 0.1) is 22.5 Å². The Morgan fingerprint density at radius 3 is 2.47 bits per heavy atom. The average Bonchev–Trinajstić information content (AvgIpc) is 2.29. The topological polar surface area (TPSA) is 98.3 Å². The molecule has 1 aromatic carbocycles. The van der Waals surface area contributed by atoms with E-state index in [2.05, 4.69) is 5.32 Å². The van der Waals surface area contributed by atoms with Crippen molar-refractivity contribution in [3.63, 3.8) is 0 Å². The maximum Gasteiger partial charge on any atom is 0.274 e. The van der Waals surface area contributed by atoms with E-state index in [9.17, 15) is 14.9 Å². The molecule has 0 aliphatic rings. The Morgan fingerprint density at radius 2 is 2.00 bits per heavy atom. The number of hydrogen-bond acceptors (Lipinski definition) is 4. The Morgan fingerprint density at radius 1 is 1.42 bits per heavy atom. The fraction of sp³-hybridized carbons (Fsp3) is 0.462. The minimum absolute atomic E-state index is 0.0258. The summed E-state index contributed by atoms with van der Waals surface area (Å²) in [5, 5.41) is 13.4. The van der Waals surface area contributed by atoms with Gasteiger partial charge in [-0.25, -0.2) is 0 Å². The highest BCUT2D eigenvalue weighted by Gasteiger charge is 2.27. The van der Waals surface area contributed by atoms with E-state index in [0.29, 0.717) is 11.3 Å². The lowest BCUT2D eigenvalue weighted by molar-refractivity contribution is -0.385. The van der Waals surface area contributed by atoms with E-state index >= 15 is 0 Å². The van der Waals surface area contributed by atoms with Gasteiger partial charge in [-0.3, -0.25) is 14.9 Å². The number of nitrogens with zero attached hydrogens (tertiary/aromatic N) is 1. The zero-order valence-electron chi connectivity index (χ0n) is 11.6. The molecule has 0 aliphatic carbocycles. The first-order valence-corrected chi connectivity index (χ1v) is 5.94. The third-order valence-electron chi connectivity index (χ3n) is 2.89. The molecule has 1 rings (SSSR count). The molecular formula is C13H19N3O3. The highest BCUT2D eigenvalue weighted by Crippen LogP contribution is 2.23. The fourth-order valence-corrected chi connectivity index (χ4v) is 1.50. The summed E-state index contributed by atoms with van der Waals surface area (Å²) >= 11 is 0. The first-order valence-electron chi connectivity index (χ1n) is 5.94. The van der Waals surface area contributed by atoms with Gasteiger partial charge in [0.25, 0.3) is 5.69 Å². The van der Waals surface area contributed by atoms with Gasteiger partial charge in [-0.2, -0.15) is 0 Å². The van der Waals surface area contributed by atoms with Crippen molar-refractivity contribution in [1.82, 2.24) is 0 Å². The van der Waals surface area contributed by atoms with Crippen LogP contribution in [0.15, 0.2) is 18.2 Å². The molecule has 0 radical (unpaired) electrons. The lowest BCUT2D eigenvalue weighted by Gasteiger charge is -2.25. The number of carbonyl (C=O) groups excluding carboxylic acids is 1. The van der Waals surface area contributed by atoms with Crippen LogP contribution >= 0.6 is 0 Å². The van der Waals surface area contributed by atoms with Crippen LogP contribution in [0.25, 0.3) is 0 Å². The molecule has 0 aromatic heterocycles. The molecule has 19 heavy (non-hydrogen) atoms. The van der Waals surface area contributed by atoms with Gasteiger partial charge in [-0.05, 0) is 18.4 Å². The number of nitro benzene ring substituents is 1. The van der Waals surface area contributed by atoms with E-state index in [1.165, 1.54) is 6.07 Å². The SMILES string of the molecule is Cc1ccc(NC(=O)[C@@H](N)C(C)(C)C)cc1[N+](=O)[O-]. The van der Waals surface area contributed by atoms with E-state index in [-0.39, 0.29) is 17.0 Å². The monoisotopic (exact) mass is 265 g/mol. The summed E-state index contributed by atoms with van der Waals surface area (Å²) in [5.74, 6) is -0.356. The summed E-state index contributed by atoms with van der Waals surface area (Å²) in [4.78, 5) is 22.3. The summed E-state index contributed by atoms with van der Waals surface area (Å²) in [5.41, 5.74) is 6.35. The second-order valence-corrected chi connectivity index (χ2v) is 5.59. The van der Waals surface area contributed by atoms with Crippen molar-refractivity contribution in [3.8, 4) is 0 Å². The number of hydrogen-bond donors (Lipinski definition) is 2. The number of nitrogens with two attached hydrogens (primary N) is 1. The highest BCUT2D eigenvalue weighted by molar-refractivity contribution is 5.95. The predicted molar refractivity (Wildman–Crippen MR) is 73.9 cm³/mol. The Labute approximate surface area is 112 Å². The minimum Gasteiger partial charge on any atom is -0.324 e. The van der Waals surface area contributed by atoms with Crippen molar-refractivity contribution in [2.45, 2.75) is 33.7 Å². The summed E-state index contributed by atoms with van der Waals surface area (Å²) in [6, 6.07) is 3.86. The fourth-order valence-electron chi connectivity index (χ4n) is 1.50. The number of nitro groups is 1. The van der Waals surface area contributed by atoms with Crippen molar-refractivity contribution < 1.29 is 9.72 Å². The Bertz CT molecular complexity index is 506. The number of nitrogens with one attached hydrogen (secondary N) is 1. The van der Waals surface area contributed by atoms with Crippen LogP contribution in [0.3, 0.4) is 0 Å². The zero-order valence-corrected chi connectivity index (χ0v) is 11.6. The third-order valence-corrected chi connectivity index (χ3v) is 2.89. The molecule has 0 saturated carbocycles.